The Morgan fingerprint density at radius 1 is 1.50 bits per heavy atom. The van der Waals surface area contributed by atoms with Gasteiger partial charge in [0, 0.05) is 0 Å². The summed E-state index contributed by atoms with van der Waals surface area (Å²) in [5, 5.41) is 10.6. The summed E-state index contributed by atoms with van der Waals surface area (Å²) in [5.41, 5.74) is 2.48. The quantitative estimate of drug-likeness (QED) is 0.622. The van der Waals surface area contributed by atoms with Gasteiger partial charge in [-0.05, 0) is 45.9 Å². The molecule has 0 aromatic carbocycles. The molecule has 1 aromatic heterocycles. The molecule has 100 valence electrons. The van der Waals surface area contributed by atoms with Gasteiger partial charge in [0.1, 0.15) is 6.10 Å². The van der Waals surface area contributed by atoms with Crippen LogP contribution in [0.2, 0.25) is 0 Å². The van der Waals surface area contributed by atoms with E-state index < -0.39 is 6.10 Å². The summed E-state index contributed by atoms with van der Waals surface area (Å²) in [6, 6.07) is 0. The number of nitrogens with zero attached hydrogens (tertiary/aromatic N) is 1. The van der Waals surface area contributed by atoms with Gasteiger partial charge in [-0.2, -0.15) is 0 Å². The van der Waals surface area contributed by atoms with E-state index in [2.05, 4.69) is 24.9 Å². The van der Waals surface area contributed by atoms with Crippen LogP contribution in [0.15, 0.2) is 39.1 Å². The first kappa shape index (κ1) is 15.1. The Morgan fingerprint density at radius 3 is 2.78 bits per heavy atom. The molecule has 1 rings (SSSR count). The summed E-state index contributed by atoms with van der Waals surface area (Å²) in [5.74, 6) is 0.501. The molecular formula is C14H21NO2S. The molecular weight excluding hydrogens is 246 g/mol. The maximum absolute atomic E-state index is 9.97. The average Bonchev–Trinajstić information content (AvgIpc) is 2.76. The number of hydrogen-bond donors (Lipinski definition) is 1. The van der Waals surface area contributed by atoms with Crippen molar-refractivity contribution < 1.29 is 9.52 Å². The van der Waals surface area contributed by atoms with Crippen LogP contribution in [0.25, 0.3) is 0 Å². The topological polar surface area (TPSA) is 46.3 Å². The fourth-order valence-electron chi connectivity index (χ4n) is 1.52. The Balaban J connectivity index is 2.56. The van der Waals surface area contributed by atoms with Gasteiger partial charge in [-0.15, -0.1) is 0 Å². The highest BCUT2D eigenvalue weighted by Crippen LogP contribution is 2.22. The predicted molar refractivity (Wildman–Crippen MR) is 75.7 cm³/mol. The zero-order valence-corrected chi connectivity index (χ0v) is 12.3. The van der Waals surface area contributed by atoms with Crippen LogP contribution in [0.5, 0.6) is 0 Å². The molecule has 0 amide bonds. The summed E-state index contributed by atoms with van der Waals surface area (Å²) in [6.45, 7) is 6.20. The van der Waals surface area contributed by atoms with Crippen LogP contribution in [0, 0.1) is 0 Å². The van der Waals surface area contributed by atoms with Gasteiger partial charge in [0.25, 0.3) is 5.22 Å². The second kappa shape index (κ2) is 7.44. The first-order valence-corrected chi connectivity index (χ1v) is 7.24. The monoisotopic (exact) mass is 267 g/mol. The third-order valence-corrected chi connectivity index (χ3v) is 3.04. The van der Waals surface area contributed by atoms with E-state index in [9.17, 15) is 5.11 Å². The molecule has 1 atom stereocenters. The molecule has 18 heavy (non-hydrogen) atoms. The number of allylic oxidation sites excluding steroid dienone is 3. The summed E-state index contributed by atoms with van der Waals surface area (Å²) in [4.78, 5) is 4.05. The first-order valence-electron chi connectivity index (χ1n) is 6.01. The first-order chi connectivity index (χ1) is 8.52. The lowest BCUT2D eigenvalue weighted by Gasteiger charge is -2.04. The van der Waals surface area contributed by atoms with Gasteiger partial charge in [-0.1, -0.05) is 29.0 Å². The molecule has 1 heterocycles. The van der Waals surface area contributed by atoms with Crippen LogP contribution in [-0.4, -0.2) is 16.3 Å². The molecule has 1 N–H and O–H groups in total. The van der Waals surface area contributed by atoms with Crippen LogP contribution in [-0.2, 0) is 0 Å². The maximum Gasteiger partial charge on any atom is 0.255 e. The molecule has 0 spiro atoms. The summed E-state index contributed by atoms with van der Waals surface area (Å²) in [7, 11) is 0. The molecule has 1 unspecified atom stereocenters. The number of aliphatic hydroxyl groups excluding tert-OH is 1. The molecule has 1 aromatic rings. The van der Waals surface area contributed by atoms with Crippen LogP contribution >= 0.6 is 11.8 Å². The smallest absolute Gasteiger partial charge is 0.255 e. The van der Waals surface area contributed by atoms with Gasteiger partial charge in [0.05, 0.1) is 6.20 Å². The minimum atomic E-state index is -0.704. The van der Waals surface area contributed by atoms with E-state index in [-0.39, 0.29) is 0 Å². The SMILES string of the molecule is CSc1ncc(C(O)/C=C(/C)CCC=C(C)C)o1. The Hall–Kier alpha value is -1.00. The lowest BCUT2D eigenvalue weighted by Crippen LogP contribution is -1.92. The number of rotatable bonds is 6. The van der Waals surface area contributed by atoms with E-state index in [4.69, 9.17) is 4.42 Å². The van der Waals surface area contributed by atoms with Crippen molar-refractivity contribution in [3.05, 3.63) is 35.3 Å². The van der Waals surface area contributed by atoms with E-state index in [1.807, 2.05) is 19.3 Å². The predicted octanol–water partition coefficient (Wildman–Crippen LogP) is 4.12. The Morgan fingerprint density at radius 2 is 2.22 bits per heavy atom. The summed E-state index contributed by atoms with van der Waals surface area (Å²) < 4.78 is 5.38. The molecule has 0 aliphatic heterocycles. The van der Waals surface area contributed by atoms with Crippen molar-refractivity contribution in [1.82, 2.24) is 4.98 Å². The number of thioether (sulfide) groups is 1. The second-order valence-electron chi connectivity index (χ2n) is 4.51. The summed E-state index contributed by atoms with van der Waals surface area (Å²) in [6.07, 6.45) is 8.74. The molecule has 4 heteroatoms. The third-order valence-electron chi connectivity index (χ3n) is 2.50. The minimum absolute atomic E-state index is 0.501. The fourth-order valence-corrected chi connectivity index (χ4v) is 1.86. The summed E-state index contributed by atoms with van der Waals surface area (Å²) >= 11 is 1.43. The van der Waals surface area contributed by atoms with Gasteiger partial charge < -0.3 is 9.52 Å². The molecule has 0 fully saturated rings. The molecule has 0 aliphatic carbocycles. The van der Waals surface area contributed by atoms with Crippen molar-refractivity contribution in [3.63, 3.8) is 0 Å². The van der Waals surface area contributed by atoms with E-state index >= 15 is 0 Å². The highest BCUT2D eigenvalue weighted by Gasteiger charge is 2.10. The van der Waals surface area contributed by atoms with Crippen LogP contribution in [0.4, 0.5) is 0 Å². The van der Waals surface area contributed by atoms with E-state index in [0.29, 0.717) is 11.0 Å². The highest BCUT2D eigenvalue weighted by atomic mass is 32.2. The van der Waals surface area contributed by atoms with Crippen molar-refractivity contribution in [1.29, 1.82) is 0 Å². The normalized spacial score (nSPS) is 13.5. The van der Waals surface area contributed by atoms with Gasteiger partial charge >= 0.3 is 0 Å². The second-order valence-corrected chi connectivity index (χ2v) is 5.27. The van der Waals surface area contributed by atoms with Crippen molar-refractivity contribution >= 4 is 11.8 Å². The van der Waals surface area contributed by atoms with Gasteiger partial charge in [-0.25, -0.2) is 4.98 Å². The number of hydrogen-bond acceptors (Lipinski definition) is 4. The van der Waals surface area contributed by atoms with E-state index in [1.165, 1.54) is 17.3 Å². The number of aliphatic hydroxyl groups is 1. The largest absolute Gasteiger partial charge is 0.433 e. The molecule has 0 radical (unpaired) electrons. The van der Waals surface area contributed by atoms with Crippen LogP contribution < -0.4 is 0 Å². The van der Waals surface area contributed by atoms with Crippen molar-refractivity contribution in [2.45, 2.75) is 44.9 Å². The fraction of sp³-hybridized carbons (Fsp3) is 0.500. The Labute approximate surface area is 113 Å². The Bertz CT molecular complexity index is 431. The van der Waals surface area contributed by atoms with Gasteiger partial charge in [0.15, 0.2) is 5.76 Å². The number of oxazole rings is 1. The minimum Gasteiger partial charge on any atom is -0.433 e. The van der Waals surface area contributed by atoms with Gasteiger partial charge in [-0.3, -0.25) is 0 Å². The number of aromatic nitrogens is 1. The molecule has 0 bridgehead atoms. The highest BCUT2D eigenvalue weighted by molar-refractivity contribution is 7.98. The zero-order valence-electron chi connectivity index (χ0n) is 11.4. The third kappa shape index (κ3) is 5.10. The molecule has 0 aliphatic rings. The van der Waals surface area contributed by atoms with Gasteiger partial charge in [0.2, 0.25) is 0 Å². The standard InChI is InChI=1S/C14H21NO2S/c1-10(2)6-5-7-11(3)8-12(16)13-9-15-14(17-13)18-4/h6,8-9,12,16H,5,7H2,1-4H3/b11-8-. The molecule has 0 saturated carbocycles. The van der Waals surface area contributed by atoms with Crippen LogP contribution in [0.3, 0.4) is 0 Å². The van der Waals surface area contributed by atoms with Crippen molar-refractivity contribution in [3.8, 4) is 0 Å². The van der Waals surface area contributed by atoms with Crippen LogP contribution in [0.1, 0.15) is 45.5 Å². The van der Waals surface area contributed by atoms with E-state index in [1.54, 1.807) is 6.20 Å². The lowest BCUT2D eigenvalue weighted by molar-refractivity contribution is 0.188. The van der Waals surface area contributed by atoms with Crippen molar-refractivity contribution in [2.24, 2.45) is 0 Å². The average molecular weight is 267 g/mol. The maximum atomic E-state index is 9.97. The molecule has 0 saturated heterocycles. The zero-order chi connectivity index (χ0) is 13.5. The van der Waals surface area contributed by atoms with Crippen molar-refractivity contribution in [2.75, 3.05) is 6.26 Å². The molecule has 3 nitrogen and oxygen atoms in total. The van der Waals surface area contributed by atoms with E-state index in [0.717, 1.165) is 18.4 Å². The Kier molecular flexibility index (Phi) is 6.22. The lowest BCUT2D eigenvalue weighted by atomic mass is 10.1.